The Bertz CT molecular complexity index is 421. The van der Waals surface area contributed by atoms with E-state index in [0.717, 1.165) is 0 Å². The van der Waals surface area contributed by atoms with E-state index in [1.807, 2.05) is 0 Å². The molecule has 0 N–H and O–H groups in total. The van der Waals surface area contributed by atoms with E-state index < -0.39 is 0 Å². The van der Waals surface area contributed by atoms with Crippen LogP contribution in [0.3, 0.4) is 0 Å². The Kier molecular flexibility index (Phi) is 14.5. The number of rotatable bonds is 18. The zero-order valence-electron chi connectivity index (χ0n) is 18.9. The largest absolute Gasteiger partial charge is 0.324 e. The molecule has 0 aliphatic carbocycles. The molecule has 0 aliphatic rings. The van der Waals surface area contributed by atoms with Crippen LogP contribution < -0.4 is 0 Å². The molecule has 0 saturated carbocycles. The first kappa shape index (κ1) is 24.2. The molecule has 0 aliphatic heterocycles. The van der Waals surface area contributed by atoms with Crippen molar-refractivity contribution in [3.05, 3.63) is 35.9 Å². The van der Waals surface area contributed by atoms with Crippen LogP contribution in [0.15, 0.2) is 30.3 Å². The lowest BCUT2D eigenvalue weighted by Gasteiger charge is -2.37. The Balaban J connectivity index is 2.07. The Hall–Kier alpha value is -0.820. The van der Waals surface area contributed by atoms with Gasteiger partial charge in [-0.1, -0.05) is 101 Å². The highest BCUT2D eigenvalue weighted by Crippen LogP contribution is 2.15. The molecule has 0 aromatic heterocycles. The second-order valence-electron chi connectivity index (χ2n) is 8.55. The van der Waals surface area contributed by atoms with Gasteiger partial charge in [0.05, 0.1) is 26.2 Å². The summed E-state index contributed by atoms with van der Waals surface area (Å²) in [6.45, 7) is 12.3. The highest BCUT2D eigenvalue weighted by molar-refractivity contribution is 5.14. The van der Waals surface area contributed by atoms with Crippen molar-refractivity contribution in [3.63, 3.8) is 0 Å². The monoisotopic (exact) mass is 374 g/mol. The smallest absolute Gasteiger partial charge is 0.0827 e. The van der Waals surface area contributed by atoms with Gasteiger partial charge in [0.15, 0.2) is 0 Å². The van der Waals surface area contributed by atoms with Gasteiger partial charge in [-0.25, -0.2) is 0 Å². The third-order valence-corrected chi connectivity index (χ3v) is 6.55. The van der Waals surface area contributed by atoms with E-state index in [1.165, 1.54) is 120 Å². The fourth-order valence-corrected chi connectivity index (χ4v) is 4.27. The van der Waals surface area contributed by atoms with Crippen molar-refractivity contribution >= 4 is 0 Å². The second kappa shape index (κ2) is 16.2. The van der Waals surface area contributed by atoms with Crippen molar-refractivity contribution in [1.29, 1.82) is 0 Å². The molecule has 1 aromatic carbocycles. The van der Waals surface area contributed by atoms with Gasteiger partial charge in [-0.15, -0.1) is 0 Å². The molecular formula is C26H48N+. The van der Waals surface area contributed by atoms with Crippen LogP contribution in [0.2, 0.25) is 0 Å². The molecule has 1 nitrogen and oxygen atoms in total. The summed E-state index contributed by atoms with van der Waals surface area (Å²) >= 11 is 0. The van der Waals surface area contributed by atoms with Crippen LogP contribution in [-0.4, -0.2) is 30.7 Å². The van der Waals surface area contributed by atoms with E-state index in [9.17, 15) is 0 Å². The molecule has 0 bridgehead atoms. The first-order chi connectivity index (χ1) is 13.3. The fraction of sp³-hybridized carbons (Fsp3) is 0.769. The number of quaternary nitrogens is 1. The van der Waals surface area contributed by atoms with Gasteiger partial charge in [-0.05, 0) is 32.3 Å². The van der Waals surface area contributed by atoms with Crippen LogP contribution in [0.5, 0.6) is 0 Å². The average Bonchev–Trinajstić information content (AvgIpc) is 2.72. The van der Waals surface area contributed by atoms with Gasteiger partial charge in [0.2, 0.25) is 0 Å². The van der Waals surface area contributed by atoms with E-state index >= 15 is 0 Å². The van der Waals surface area contributed by atoms with E-state index in [2.05, 4.69) is 51.1 Å². The van der Waals surface area contributed by atoms with Crippen molar-refractivity contribution < 1.29 is 4.48 Å². The lowest BCUT2D eigenvalue weighted by molar-refractivity contribution is -0.925. The van der Waals surface area contributed by atoms with E-state index in [0.29, 0.717) is 0 Å². The minimum absolute atomic E-state index is 1.22. The van der Waals surface area contributed by atoms with Crippen LogP contribution in [0, 0.1) is 0 Å². The van der Waals surface area contributed by atoms with Crippen LogP contribution in [0.1, 0.15) is 103 Å². The Labute approximate surface area is 171 Å². The number of unbranched alkanes of at least 4 members (excludes halogenated alkanes) is 11. The maximum absolute atomic E-state index is 2.38. The Morgan fingerprint density at radius 3 is 1.52 bits per heavy atom. The van der Waals surface area contributed by atoms with E-state index in [4.69, 9.17) is 0 Å². The molecule has 0 fully saturated rings. The number of benzene rings is 1. The first-order valence-corrected chi connectivity index (χ1v) is 12.2. The number of hydrogen-bond acceptors (Lipinski definition) is 0. The minimum Gasteiger partial charge on any atom is -0.324 e. The summed E-state index contributed by atoms with van der Waals surface area (Å²) in [5.41, 5.74) is 1.50. The van der Waals surface area contributed by atoms with Gasteiger partial charge >= 0.3 is 0 Å². The Morgan fingerprint density at radius 1 is 0.556 bits per heavy atom. The molecule has 27 heavy (non-hydrogen) atoms. The molecule has 156 valence electrons. The highest BCUT2D eigenvalue weighted by atomic mass is 15.3. The summed E-state index contributed by atoms with van der Waals surface area (Å²) < 4.78 is 1.30. The van der Waals surface area contributed by atoms with Crippen LogP contribution in [0.25, 0.3) is 0 Å². The van der Waals surface area contributed by atoms with Crippen molar-refractivity contribution in [1.82, 2.24) is 0 Å². The number of nitrogens with zero attached hydrogens (tertiary/aromatic N) is 1. The van der Waals surface area contributed by atoms with Crippen molar-refractivity contribution in [2.24, 2.45) is 0 Å². The lowest BCUT2D eigenvalue weighted by Crippen LogP contribution is -2.49. The molecule has 0 atom stereocenters. The zero-order chi connectivity index (χ0) is 19.6. The average molecular weight is 375 g/mol. The van der Waals surface area contributed by atoms with Crippen molar-refractivity contribution in [2.75, 3.05) is 26.2 Å². The van der Waals surface area contributed by atoms with Gasteiger partial charge in [0, 0.05) is 6.42 Å². The van der Waals surface area contributed by atoms with Crippen LogP contribution in [0.4, 0.5) is 0 Å². The summed E-state index contributed by atoms with van der Waals surface area (Å²) in [6, 6.07) is 11.0. The van der Waals surface area contributed by atoms with E-state index in [-0.39, 0.29) is 0 Å². The summed E-state index contributed by atoms with van der Waals surface area (Å²) in [6.07, 6.45) is 18.5. The molecule has 0 amide bonds. The zero-order valence-corrected chi connectivity index (χ0v) is 18.9. The highest BCUT2D eigenvalue weighted by Gasteiger charge is 2.22. The summed E-state index contributed by atoms with van der Waals surface area (Å²) in [5, 5.41) is 0. The third kappa shape index (κ3) is 11.6. The first-order valence-electron chi connectivity index (χ1n) is 12.2. The van der Waals surface area contributed by atoms with Gasteiger partial charge in [0.1, 0.15) is 0 Å². The molecule has 1 aromatic rings. The maximum atomic E-state index is 2.38. The summed E-state index contributed by atoms with van der Waals surface area (Å²) in [4.78, 5) is 0. The number of hydrogen-bond donors (Lipinski definition) is 0. The maximum Gasteiger partial charge on any atom is 0.0827 e. The second-order valence-corrected chi connectivity index (χ2v) is 8.55. The van der Waals surface area contributed by atoms with Gasteiger partial charge < -0.3 is 4.48 Å². The topological polar surface area (TPSA) is 0 Å². The van der Waals surface area contributed by atoms with E-state index in [1.54, 1.807) is 0 Å². The summed E-state index contributed by atoms with van der Waals surface area (Å²) in [7, 11) is 0. The van der Waals surface area contributed by atoms with Crippen LogP contribution >= 0.6 is 0 Å². The fourth-order valence-electron chi connectivity index (χ4n) is 4.27. The van der Waals surface area contributed by atoms with Crippen molar-refractivity contribution in [2.45, 2.75) is 104 Å². The molecule has 0 unspecified atom stereocenters. The predicted molar refractivity (Wildman–Crippen MR) is 122 cm³/mol. The molecule has 1 rings (SSSR count). The predicted octanol–water partition coefficient (Wildman–Crippen LogP) is 7.79. The van der Waals surface area contributed by atoms with Crippen LogP contribution in [-0.2, 0) is 6.42 Å². The minimum atomic E-state index is 1.22. The summed E-state index contributed by atoms with van der Waals surface area (Å²) in [5.74, 6) is 0. The third-order valence-electron chi connectivity index (χ3n) is 6.55. The molecular weight excluding hydrogens is 326 g/mol. The lowest BCUT2D eigenvalue weighted by atomic mass is 10.0. The van der Waals surface area contributed by atoms with Gasteiger partial charge in [0.25, 0.3) is 0 Å². The quantitative estimate of drug-likeness (QED) is 0.182. The molecule has 0 heterocycles. The normalized spacial score (nSPS) is 11.8. The SMILES string of the molecule is CCCCCCCCCCCCCC[N+](CC)(CC)CCc1ccccc1. The Morgan fingerprint density at radius 2 is 1.04 bits per heavy atom. The van der Waals surface area contributed by atoms with Gasteiger partial charge in [-0.2, -0.15) is 0 Å². The molecule has 0 saturated heterocycles. The van der Waals surface area contributed by atoms with Gasteiger partial charge in [-0.3, -0.25) is 0 Å². The number of likely N-dealkylation sites (N-methyl/N-ethyl adjacent to an activating group) is 1. The standard InChI is InChI=1S/C26H48N/c1-4-7-8-9-10-11-12-13-14-15-16-20-24-27(5-2,6-3)25-23-26-21-18-17-19-22-26/h17-19,21-22H,4-16,20,23-25H2,1-3H3/q+1. The van der Waals surface area contributed by atoms with Crippen molar-refractivity contribution in [3.8, 4) is 0 Å². The molecule has 0 spiro atoms. The molecule has 0 radical (unpaired) electrons. The molecule has 1 heteroatoms.